The molecule has 0 N–H and O–H groups in total. The van der Waals surface area contributed by atoms with E-state index in [4.69, 9.17) is 9.26 Å². The number of nitrogens with zero attached hydrogens (tertiary/aromatic N) is 4. The maximum absolute atomic E-state index is 13.1. The second-order valence-corrected chi connectivity index (χ2v) is 6.61. The quantitative estimate of drug-likeness (QED) is 0.474. The van der Waals surface area contributed by atoms with Crippen LogP contribution in [0.1, 0.15) is 48.4 Å². The number of aromatic nitrogens is 4. The number of rotatable bonds is 6. The Bertz CT molecular complexity index is 1000. The lowest BCUT2D eigenvalue weighted by Crippen LogP contribution is -2.01. The minimum Gasteiger partial charge on any atom is -0.452 e. The number of aryl methyl sites for hydroxylation is 1. The van der Waals surface area contributed by atoms with Crippen LogP contribution >= 0.6 is 0 Å². The van der Waals surface area contributed by atoms with Gasteiger partial charge < -0.3 is 9.26 Å². The topological polar surface area (TPSA) is 83.0 Å². The van der Waals surface area contributed by atoms with Crippen LogP contribution in [-0.4, -0.2) is 25.9 Å². The number of halogens is 1. The van der Waals surface area contributed by atoms with Gasteiger partial charge in [-0.15, -0.1) is 0 Å². The van der Waals surface area contributed by atoms with Gasteiger partial charge in [-0.25, -0.2) is 13.9 Å². The van der Waals surface area contributed by atoms with E-state index in [0.29, 0.717) is 5.82 Å². The highest BCUT2D eigenvalue weighted by Gasteiger charge is 2.13. The third-order valence-electron chi connectivity index (χ3n) is 4.14. The molecule has 0 spiro atoms. The summed E-state index contributed by atoms with van der Waals surface area (Å²) in [6, 6.07) is 6.04. The number of carbonyl (C=O) groups is 1. The number of ether oxygens (including phenoxy) is 1. The summed E-state index contributed by atoms with van der Waals surface area (Å²) in [5.41, 5.74) is 3.10. The van der Waals surface area contributed by atoms with Crippen LogP contribution < -0.4 is 0 Å². The first-order chi connectivity index (χ1) is 13.3. The van der Waals surface area contributed by atoms with Gasteiger partial charge in [0.05, 0.1) is 11.4 Å². The maximum Gasteiger partial charge on any atom is 0.331 e. The molecule has 0 radical (unpaired) electrons. The molecule has 0 atom stereocenters. The predicted molar refractivity (Wildman–Crippen MR) is 100 cm³/mol. The number of carbonyl (C=O) groups excluding carboxylic acids is 1. The summed E-state index contributed by atoms with van der Waals surface area (Å²) in [4.78, 5) is 16.2. The molecule has 1 aromatic carbocycles. The van der Waals surface area contributed by atoms with Gasteiger partial charge in [-0.05, 0) is 44.2 Å². The first-order valence-electron chi connectivity index (χ1n) is 8.84. The molecule has 28 heavy (non-hydrogen) atoms. The van der Waals surface area contributed by atoms with E-state index in [-0.39, 0.29) is 24.2 Å². The Morgan fingerprint density at radius 3 is 2.64 bits per heavy atom. The van der Waals surface area contributed by atoms with Crippen molar-refractivity contribution in [3.63, 3.8) is 0 Å². The van der Waals surface area contributed by atoms with Crippen LogP contribution in [-0.2, 0) is 16.1 Å². The highest BCUT2D eigenvalue weighted by atomic mass is 19.1. The lowest BCUT2D eigenvalue weighted by atomic mass is 10.2. The summed E-state index contributed by atoms with van der Waals surface area (Å²) in [7, 11) is 0. The molecule has 2 aromatic heterocycles. The SMILES string of the molecule is Cc1nn(-c2ccc(F)cc2)c(C)c1/C=C/C(=O)OCc1nc(C(C)C)no1. The molecule has 0 amide bonds. The summed E-state index contributed by atoms with van der Waals surface area (Å²) in [5.74, 6) is 0.118. The Balaban J connectivity index is 1.67. The van der Waals surface area contributed by atoms with Gasteiger partial charge in [0, 0.05) is 23.3 Å². The normalized spacial score (nSPS) is 11.5. The van der Waals surface area contributed by atoms with Gasteiger partial charge in [0.2, 0.25) is 0 Å². The van der Waals surface area contributed by atoms with Crippen molar-refractivity contribution in [3.05, 3.63) is 64.8 Å². The van der Waals surface area contributed by atoms with Crippen LogP contribution in [0, 0.1) is 19.7 Å². The summed E-state index contributed by atoms with van der Waals surface area (Å²) < 4.78 is 25.0. The van der Waals surface area contributed by atoms with Crippen molar-refractivity contribution in [1.82, 2.24) is 19.9 Å². The molecule has 0 bridgehead atoms. The largest absolute Gasteiger partial charge is 0.452 e. The Morgan fingerprint density at radius 1 is 1.29 bits per heavy atom. The van der Waals surface area contributed by atoms with E-state index in [1.807, 2.05) is 27.7 Å². The predicted octanol–water partition coefficient (Wildman–Crippen LogP) is 3.89. The van der Waals surface area contributed by atoms with Crippen molar-refractivity contribution in [1.29, 1.82) is 0 Å². The minimum atomic E-state index is -0.530. The summed E-state index contributed by atoms with van der Waals surface area (Å²) in [6.45, 7) is 7.51. The summed E-state index contributed by atoms with van der Waals surface area (Å²) in [6.07, 6.45) is 2.97. The van der Waals surface area contributed by atoms with E-state index in [1.54, 1.807) is 22.9 Å². The lowest BCUT2D eigenvalue weighted by Gasteiger charge is -2.04. The van der Waals surface area contributed by atoms with E-state index < -0.39 is 5.97 Å². The van der Waals surface area contributed by atoms with Crippen LogP contribution in [0.15, 0.2) is 34.9 Å². The monoisotopic (exact) mass is 384 g/mol. The zero-order valence-electron chi connectivity index (χ0n) is 16.1. The maximum atomic E-state index is 13.1. The standard InChI is InChI=1S/C20H21FN4O3/c1-12(2)20-22-18(28-24-20)11-27-19(26)10-9-17-13(3)23-25(14(17)4)16-7-5-15(21)6-8-16/h5-10,12H,11H2,1-4H3/b10-9+. The van der Waals surface area contributed by atoms with Crippen molar-refractivity contribution >= 4 is 12.0 Å². The molecule has 8 heteroatoms. The fraction of sp³-hybridized carbons (Fsp3) is 0.300. The lowest BCUT2D eigenvalue weighted by molar-refractivity contribution is -0.139. The average molecular weight is 384 g/mol. The molecule has 146 valence electrons. The molecule has 3 aromatic rings. The second kappa shape index (κ2) is 8.16. The van der Waals surface area contributed by atoms with Crippen LogP contribution in [0.3, 0.4) is 0 Å². The molecule has 2 heterocycles. The van der Waals surface area contributed by atoms with Crippen molar-refractivity contribution in [3.8, 4) is 5.69 Å². The van der Waals surface area contributed by atoms with E-state index in [9.17, 15) is 9.18 Å². The highest BCUT2D eigenvalue weighted by molar-refractivity contribution is 5.87. The Morgan fingerprint density at radius 2 is 2.00 bits per heavy atom. The first-order valence-corrected chi connectivity index (χ1v) is 8.84. The fourth-order valence-corrected chi connectivity index (χ4v) is 2.62. The smallest absolute Gasteiger partial charge is 0.331 e. The molecular weight excluding hydrogens is 363 g/mol. The molecule has 0 aliphatic carbocycles. The Labute approximate surface area is 161 Å². The van der Waals surface area contributed by atoms with Crippen molar-refractivity contribution in [2.24, 2.45) is 0 Å². The van der Waals surface area contributed by atoms with E-state index in [2.05, 4.69) is 15.2 Å². The van der Waals surface area contributed by atoms with Gasteiger partial charge in [-0.3, -0.25) is 0 Å². The van der Waals surface area contributed by atoms with E-state index in [1.165, 1.54) is 18.2 Å². The molecule has 3 rings (SSSR count). The molecule has 0 saturated heterocycles. The van der Waals surface area contributed by atoms with Crippen LogP contribution in [0.4, 0.5) is 4.39 Å². The van der Waals surface area contributed by atoms with Crippen LogP contribution in [0.25, 0.3) is 11.8 Å². The number of hydrogen-bond donors (Lipinski definition) is 0. The van der Waals surface area contributed by atoms with Gasteiger partial charge in [0.25, 0.3) is 5.89 Å². The fourth-order valence-electron chi connectivity index (χ4n) is 2.62. The molecule has 0 fully saturated rings. The van der Waals surface area contributed by atoms with Gasteiger partial charge in [-0.2, -0.15) is 10.1 Å². The third-order valence-corrected chi connectivity index (χ3v) is 4.14. The van der Waals surface area contributed by atoms with Gasteiger partial charge in [-0.1, -0.05) is 19.0 Å². The summed E-state index contributed by atoms with van der Waals surface area (Å²) >= 11 is 0. The van der Waals surface area contributed by atoms with Crippen LogP contribution in [0.5, 0.6) is 0 Å². The molecule has 0 saturated carbocycles. The van der Waals surface area contributed by atoms with Crippen molar-refractivity contribution in [2.75, 3.05) is 0 Å². The van der Waals surface area contributed by atoms with Gasteiger partial charge in [0.1, 0.15) is 5.82 Å². The number of esters is 1. The van der Waals surface area contributed by atoms with Gasteiger partial charge >= 0.3 is 5.97 Å². The molecular formula is C20H21FN4O3. The van der Waals surface area contributed by atoms with Crippen molar-refractivity contribution < 1.29 is 18.4 Å². The molecule has 0 aliphatic heterocycles. The van der Waals surface area contributed by atoms with Crippen LogP contribution in [0.2, 0.25) is 0 Å². The first kappa shape index (κ1) is 19.5. The number of hydrogen-bond acceptors (Lipinski definition) is 6. The zero-order valence-corrected chi connectivity index (χ0v) is 16.1. The van der Waals surface area contributed by atoms with E-state index in [0.717, 1.165) is 22.6 Å². The average Bonchev–Trinajstić information content (AvgIpc) is 3.24. The highest BCUT2D eigenvalue weighted by Crippen LogP contribution is 2.19. The molecule has 7 nitrogen and oxygen atoms in total. The second-order valence-electron chi connectivity index (χ2n) is 6.61. The third kappa shape index (κ3) is 4.33. The number of benzene rings is 1. The Kier molecular flexibility index (Phi) is 5.67. The zero-order chi connectivity index (χ0) is 20.3. The van der Waals surface area contributed by atoms with Crippen molar-refractivity contribution in [2.45, 2.75) is 40.2 Å². The van der Waals surface area contributed by atoms with Gasteiger partial charge in [0.15, 0.2) is 12.4 Å². The molecule has 0 aliphatic rings. The Hall–Kier alpha value is -3.29. The minimum absolute atomic E-state index is 0.0876. The summed E-state index contributed by atoms with van der Waals surface area (Å²) in [5, 5.41) is 8.28. The molecule has 0 unspecified atom stereocenters. The van der Waals surface area contributed by atoms with E-state index >= 15 is 0 Å².